The van der Waals surface area contributed by atoms with Crippen molar-refractivity contribution in [3.63, 3.8) is 0 Å². The van der Waals surface area contributed by atoms with Crippen molar-refractivity contribution in [3.8, 4) is 11.5 Å². The summed E-state index contributed by atoms with van der Waals surface area (Å²) in [6.45, 7) is 8.82. The smallest absolute Gasteiger partial charge is 0.262 e. The van der Waals surface area contributed by atoms with E-state index >= 15 is 0 Å². The van der Waals surface area contributed by atoms with Crippen LogP contribution in [0.5, 0.6) is 11.5 Å². The molecule has 0 atom stereocenters. The van der Waals surface area contributed by atoms with Gasteiger partial charge in [0.05, 0.1) is 13.3 Å². The molecule has 0 aliphatic carbocycles. The van der Waals surface area contributed by atoms with Gasteiger partial charge in [0.25, 0.3) is 5.91 Å². The number of rotatable bonds is 10. The maximum absolute atomic E-state index is 12.5. The lowest BCUT2D eigenvalue weighted by atomic mass is 10.1. The van der Waals surface area contributed by atoms with E-state index in [0.717, 1.165) is 47.3 Å². The zero-order valence-corrected chi connectivity index (χ0v) is 21.1. The summed E-state index contributed by atoms with van der Waals surface area (Å²) in [6, 6.07) is 9.48. The molecule has 7 nitrogen and oxygen atoms in total. The molecule has 0 heterocycles. The number of carbonyl (C=O) groups is 1. The number of hydrazone groups is 1. The number of nitrogens with zero attached hydrogens (tertiary/aromatic N) is 2. The quantitative estimate of drug-likeness (QED) is 0.229. The first-order valence-corrected chi connectivity index (χ1v) is 11.4. The van der Waals surface area contributed by atoms with Crippen molar-refractivity contribution in [2.45, 2.75) is 40.5 Å². The molecular weight excluding hydrogens is 436 g/mol. The van der Waals surface area contributed by atoms with Gasteiger partial charge in [0.2, 0.25) is 0 Å². The second-order valence-corrected chi connectivity index (χ2v) is 8.26. The lowest BCUT2D eigenvalue weighted by Crippen LogP contribution is -2.34. The Balaban J connectivity index is 1.98. The Morgan fingerprint density at radius 2 is 1.85 bits per heavy atom. The van der Waals surface area contributed by atoms with Gasteiger partial charge in [-0.3, -0.25) is 4.79 Å². The Morgan fingerprint density at radius 1 is 1.15 bits per heavy atom. The van der Waals surface area contributed by atoms with Crippen molar-refractivity contribution >= 4 is 35.1 Å². The molecule has 0 saturated heterocycles. The van der Waals surface area contributed by atoms with Crippen LogP contribution in [0.4, 0.5) is 5.69 Å². The van der Waals surface area contributed by atoms with Crippen LogP contribution in [0.2, 0.25) is 0 Å². The van der Waals surface area contributed by atoms with Gasteiger partial charge in [0.1, 0.15) is 0 Å². The fourth-order valence-electron chi connectivity index (χ4n) is 3.27. The molecule has 0 unspecified atom stereocenters. The van der Waals surface area contributed by atoms with Gasteiger partial charge in [-0.1, -0.05) is 31.0 Å². The molecule has 2 aromatic rings. The van der Waals surface area contributed by atoms with Gasteiger partial charge in [-0.05, 0) is 74.3 Å². The average molecular weight is 471 g/mol. The first-order valence-electron chi connectivity index (χ1n) is 11.0. The molecule has 8 heteroatoms. The third-order valence-corrected chi connectivity index (χ3v) is 5.38. The standard InChI is InChI=1S/C25H34N4O3S/c1-7-8-11-26-25(33)29(5)27-15-20-9-10-21(22(14-20)31-6)32-16-23(30)28-24-18(3)12-17(2)13-19(24)4/h9-10,12-15H,7-8,11,16H2,1-6H3,(H,26,33)(H,28,30)/b27-15-. The molecule has 1 amide bonds. The second-order valence-electron chi connectivity index (χ2n) is 7.87. The Morgan fingerprint density at radius 3 is 2.48 bits per heavy atom. The zero-order valence-electron chi connectivity index (χ0n) is 20.3. The van der Waals surface area contributed by atoms with Gasteiger partial charge in [-0.2, -0.15) is 5.10 Å². The topological polar surface area (TPSA) is 75.2 Å². The van der Waals surface area contributed by atoms with Gasteiger partial charge < -0.3 is 20.1 Å². The number of thiocarbonyl (C=S) groups is 1. The van der Waals surface area contributed by atoms with Gasteiger partial charge in [0.15, 0.2) is 23.2 Å². The summed E-state index contributed by atoms with van der Waals surface area (Å²) in [7, 11) is 3.35. The van der Waals surface area contributed by atoms with Crippen molar-refractivity contribution < 1.29 is 14.3 Å². The number of aryl methyl sites for hydroxylation is 3. The normalized spacial score (nSPS) is 10.7. The number of unbranched alkanes of at least 4 members (excludes halogenated alkanes) is 1. The maximum atomic E-state index is 12.5. The lowest BCUT2D eigenvalue weighted by Gasteiger charge is -2.16. The van der Waals surface area contributed by atoms with Gasteiger partial charge in [-0.15, -0.1) is 0 Å². The maximum Gasteiger partial charge on any atom is 0.262 e. The highest BCUT2D eigenvalue weighted by atomic mass is 32.1. The predicted octanol–water partition coefficient (Wildman–Crippen LogP) is 4.58. The van der Waals surface area contributed by atoms with Crippen molar-refractivity contribution in [2.75, 3.05) is 32.6 Å². The van der Waals surface area contributed by atoms with Crippen LogP contribution >= 0.6 is 12.2 Å². The summed E-state index contributed by atoms with van der Waals surface area (Å²) in [6.07, 6.45) is 3.85. The molecule has 33 heavy (non-hydrogen) atoms. The summed E-state index contributed by atoms with van der Waals surface area (Å²) >= 11 is 5.32. The molecular formula is C25H34N4O3S. The summed E-state index contributed by atoms with van der Waals surface area (Å²) in [5, 5.41) is 12.6. The van der Waals surface area contributed by atoms with Crippen LogP contribution in [0.25, 0.3) is 0 Å². The highest BCUT2D eigenvalue weighted by Gasteiger charge is 2.11. The Kier molecular flexibility index (Phi) is 10.1. The highest BCUT2D eigenvalue weighted by Crippen LogP contribution is 2.28. The molecule has 2 aromatic carbocycles. The van der Waals surface area contributed by atoms with Crippen LogP contribution in [0, 0.1) is 20.8 Å². The van der Waals surface area contributed by atoms with E-state index in [9.17, 15) is 4.79 Å². The number of benzene rings is 2. The van der Waals surface area contributed by atoms with E-state index in [1.807, 2.05) is 39.0 Å². The van der Waals surface area contributed by atoms with Crippen LogP contribution in [-0.2, 0) is 4.79 Å². The number of ether oxygens (including phenoxy) is 2. The summed E-state index contributed by atoms with van der Waals surface area (Å²) in [5.74, 6) is 0.761. The third kappa shape index (κ3) is 8.05. The number of amides is 1. The molecule has 0 bridgehead atoms. The lowest BCUT2D eigenvalue weighted by molar-refractivity contribution is -0.118. The van der Waals surface area contributed by atoms with Gasteiger partial charge in [0, 0.05) is 19.3 Å². The van der Waals surface area contributed by atoms with Crippen LogP contribution in [-0.4, -0.2) is 49.6 Å². The van der Waals surface area contributed by atoms with Crippen LogP contribution in [0.15, 0.2) is 35.4 Å². The first-order chi connectivity index (χ1) is 15.7. The fourth-order valence-corrected chi connectivity index (χ4v) is 3.42. The van der Waals surface area contributed by atoms with E-state index in [1.54, 1.807) is 37.5 Å². The number of hydrogen-bond donors (Lipinski definition) is 2. The molecule has 0 radical (unpaired) electrons. The fraction of sp³-hybridized carbons (Fsp3) is 0.400. The zero-order chi connectivity index (χ0) is 24.4. The van der Waals surface area contributed by atoms with Gasteiger partial charge in [-0.25, -0.2) is 5.01 Å². The minimum Gasteiger partial charge on any atom is -0.493 e. The summed E-state index contributed by atoms with van der Waals surface area (Å²) < 4.78 is 11.2. The number of nitrogens with one attached hydrogen (secondary N) is 2. The van der Waals surface area contributed by atoms with E-state index in [1.165, 1.54) is 0 Å². The number of carbonyl (C=O) groups excluding carboxylic acids is 1. The molecule has 0 aliphatic rings. The number of anilines is 1. The first kappa shape index (κ1) is 26.1. The monoisotopic (exact) mass is 470 g/mol. The Hall–Kier alpha value is -3.13. The van der Waals surface area contributed by atoms with Gasteiger partial charge >= 0.3 is 0 Å². The van der Waals surface area contributed by atoms with Crippen molar-refractivity contribution in [1.82, 2.24) is 10.3 Å². The van der Waals surface area contributed by atoms with Crippen LogP contribution < -0.4 is 20.1 Å². The summed E-state index contributed by atoms with van der Waals surface area (Å²) in [4.78, 5) is 12.5. The van der Waals surface area contributed by atoms with E-state index in [4.69, 9.17) is 21.7 Å². The average Bonchev–Trinajstić information content (AvgIpc) is 2.78. The van der Waals surface area contributed by atoms with E-state index in [-0.39, 0.29) is 12.5 Å². The third-order valence-electron chi connectivity index (χ3n) is 4.97. The summed E-state index contributed by atoms with van der Waals surface area (Å²) in [5.41, 5.74) is 4.84. The Bertz CT molecular complexity index is 984. The van der Waals surface area contributed by atoms with Crippen LogP contribution in [0.1, 0.15) is 42.0 Å². The van der Waals surface area contributed by atoms with Crippen LogP contribution in [0.3, 0.4) is 0 Å². The molecule has 2 rings (SSSR count). The number of hydrogen-bond acceptors (Lipinski definition) is 5. The molecule has 178 valence electrons. The number of methoxy groups -OCH3 is 1. The minimum absolute atomic E-state index is 0.128. The van der Waals surface area contributed by atoms with E-state index in [2.05, 4.69) is 22.7 Å². The Labute approximate surface area is 202 Å². The predicted molar refractivity (Wildman–Crippen MR) is 139 cm³/mol. The molecule has 0 saturated carbocycles. The minimum atomic E-state index is -0.233. The second kappa shape index (κ2) is 12.8. The molecule has 2 N–H and O–H groups in total. The molecule has 0 spiro atoms. The van der Waals surface area contributed by atoms with E-state index < -0.39 is 0 Å². The SMILES string of the molecule is CCCCNC(=S)N(C)/N=C\c1ccc(OCC(=O)Nc2c(C)cc(C)cc2C)c(OC)c1. The van der Waals surface area contributed by atoms with Crippen molar-refractivity contribution in [1.29, 1.82) is 0 Å². The molecule has 0 aliphatic heterocycles. The molecule has 0 aromatic heterocycles. The van der Waals surface area contributed by atoms with Crippen molar-refractivity contribution in [2.24, 2.45) is 5.10 Å². The van der Waals surface area contributed by atoms with Crippen molar-refractivity contribution in [3.05, 3.63) is 52.6 Å². The largest absolute Gasteiger partial charge is 0.493 e. The molecule has 0 fully saturated rings. The van der Waals surface area contributed by atoms with E-state index in [0.29, 0.717) is 16.6 Å². The highest BCUT2D eigenvalue weighted by molar-refractivity contribution is 7.80.